The summed E-state index contributed by atoms with van der Waals surface area (Å²) in [6.07, 6.45) is 0.768. The van der Waals surface area contributed by atoms with Gasteiger partial charge in [-0.2, -0.15) is 4.31 Å². The van der Waals surface area contributed by atoms with Crippen molar-refractivity contribution in [2.75, 3.05) is 19.6 Å². The lowest BCUT2D eigenvalue weighted by molar-refractivity contribution is 0.458. The minimum absolute atomic E-state index is 0.0169. The van der Waals surface area contributed by atoms with Crippen LogP contribution in [0.2, 0.25) is 0 Å². The summed E-state index contributed by atoms with van der Waals surface area (Å²) in [7, 11) is -3.58. The summed E-state index contributed by atoms with van der Waals surface area (Å²) >= 11 is 0. The second kappa shape index (κ2) is 4.95. The van der Waals surface area contributed by atoms with Gasteiger partial charge in [-0.15, -0.1) is 0 Å². The Balaban J connectivity index is 2.28. The van der Waals surface area contributed by atoms with Crippen LogP contribution in [0.25, 0.3) is 0 Å². The molecule has 18 heavy (non-hydrogen) atoms. The summed E-state index contributed by atoms with van der Waals surface area (Å²) < 4.78 is 39.4. The summed E-state index contributed by atoms with van der Waals surface area (Å²) in [6.45, 7) is 2.97. The van der Waals surface area contributed by atoms with Crippen molar-refractivity contribution in [2.45, 2.75) is 18.2 Å². The number of halogens is 1. The molecule has 2 N–H and O–H groups in total. The number of rotatable bonds is 3. The first kappa shape index (κ1) is 13.5. The van der Waals surface area contributed by atoms with Crippen LogP contribution >= 0.6 is 0 Å². The molecule has 1 saturated heterocycles. The van der Waals surface area contributed by atoms with Gasteiger partial charge in [0.15, 0.2) is 0 Å². The predicted octanol–water partition coefficient (Wildman–Crippen LogP) is 1.10. The zero-order chi connectivity index (χ0) is 13.3. The molecule has 4 nitrogen and oxygen atoms in total. The maximum atomic E-state index is 13.4. The standard InChI is InChI=1S/C12H17FN2O2S/c1-9-2-3-11(6-12(9)13)18(16,17)15-5-4-10(7-14)8-15/h2-3,6,10H,4-5,7-8,14H2,1H3/t10-/m1/s1. The number of hydrogen-bond acceptors (Lipinski definition) is 3. The Labute approximate surface area is 107 Å². The van der Waals surface area contributed by atoms with Crippen LogP contribution in [0.5, 0.6) is 0 Å². The van der Waals surface area contributed by atoms with Gasteiger partial charge in [-0.25, -0.2) is 12.8 Å². The molecule has 1 aliphatic rings. The van der Waals surface area contributed by atoms with Crippen LogP contribution in [-0.2, 0) is 10.0 Å². The molecule has 0 aliphatic carbocycles. The minimum atomic E-state index is -3.58. The molecule has 0 spiro atoms. The lowest BCUT2D eigenvalue weighted by atomic mass is 10.1. The smallest absolute Gasteiger partial charge is 0.243 e. The molecule has 2 rings (SSSR count). The van der Waals surface area contributed by atoms with Crippen LogP contribution < -0.4 is 5.73 Å². The van der Waals surface area contributed by atoms with Gasteiger partial charge in [-0.1, -0.05) is 6.07 Å². The monoisotopic (exact) mass is 272 g/mol. The fourth-order valence-corrected chi connectivity index (χ4v) is 3.63. The quantitative estimate of drug-likeness (QED) is 0.896. The zero-order valence-electron chi connectivity index (χ0n) is 10.3. The molecule has 1 fully saturated rings. The van der Waals surface area contributed by atoms with Crippen molar-refractivity contribution in [3.8, 4) is 0 Å². The number of aryl methyl sites for hydroxylation is 1. The lowest BCUT2D eigenvalue weighted by Gasteiger charge is -2.16. The third-order valence-corrected chi connectivity index (χ3v) is 5.22. The summed E-state index contributed by atoms with van der Waals surface area (Å²) in [5, 5.41) is 0. The van der Waals surface area contributed by atoms with Crippen LogP contribution in [0, 0.1) is 18.7 Å². The number of nitrogens with two attached hydrogens (primary N) is 1. The molecule has 0 amide bonds. The third kappa shape index (κ3) is 2.41. The van der Waals surface area contributed by atoms with Crippen molar-refractivity contribution in [3.63, 3.8) is 0 Å². The third-order valence-electron chi connectivity index (χ3n) is 3.36. The second-order valence-electron chi connectivity index (χ2n) is 4.66. The van der Waals surface area contributed by atoms with Crippen molar-refractivity contribution in [3.05, 3.63) is 29.6 Å². The molecule has 0 saturated carbocycles. The normalized spacial score (nSPS) is 21.4. The summed E-state index contributed by atoms with van der Waals surface area (Å²) in [5.74, 6) is -0.291. The Bertz CT molecular complexity index is 545. The van der Waals surface area contributed by atoms with Crippen molar-refractivity contribution in [1.82, 2.24) is 4.31 Å². The fraction of sp³-hybridized carbons (Fsp3) is 0.500. The highest BCUT2D eigenvalue weighted by atomic mass is 32.2. The average molecular weight is 272 g/mol. The molecular formula is C12H17FN2O2S. The Kier molecular flexibility index (Phi) is 3.70. The topological polar surface area (TPSA) is 63.4 Å². The predicted molar refractivity (Wildman–Crippen MR) is 67.1 cm³/mol. The Hall–Kier alpha value is -0.980. The van der Waals surface area contributed by atoms with Crippen molar-refractivity contribution < 1.29 is 12.8 Å². The van der Waals surface area contributed by atoms with Gasteiger partial charge in [0, 0.05) is 13.1 Å². The van der Waals surface area contributed by atoms with E-state index in [4.69, 9.17) is 5.73 Å². The van der Waals surface area contributed by atoms with E-state index in [2.05, 4.69) is 0 Å². The Morgan fingerprint density at radius 2 is 2.22 bits per heavy atom. The molecular weight excluding hydrogens is 255 g/mol. The highest BCUT2D eigenvalue weighted by Crippen LogP contribution is 2.24. The molecule has 1 aliphatic heterocycles. The van der Waals surface area contributed by atoms with Crippen molar-refractivity contribution >= 4 is 10.0 Å². The molecule has 0 radical (unpaired) electrons. The highest BCUT2D eigenvalue weighted by Gasteiger charge is 2.32. The van der Waals surface area contributed by atoms with Gasteiger partial charge in [-0.05, 0) is 43.5 Å². The van der Waals surface area contributed by atoms with Crippen LogP contribution in [0.15, 0.2) is 23.1 Å². The molecule has 1 atom stereocenters. The number of nitrogens with zero attached hydrogens (tertiary/aromatic N) is 1. The van der Waals surface area contributed by atoms with Crippen LogP contribution in [0.3, 0.4) is 0 Å². The molecule has 0 bridgehead atoms. The van der Waals surface area contributed by atoms with Crippen LogP contribution in [0.1, 0.15) is 12.0 Å². The van der Waals surface area contributed by atoms with E-state index in [-0.39, 0.29) is 10.8 Å². The average Bonchev–Trinajstić information content (AvgIpc) is 2.81. The molecule has 1 aromatic carbocycles. The van der Waals surface area contributed by atoms with E-state index < -0.39 is 15.8 Å². The number of hydrogen-bond donors (Lipinski definition) is 1. The largest absolute Gasteiger partial charge is 0.330 e. The second-order valence-corrected chi connectivity index (χ2v) is 6.60. The van der Waals surface area contributed by atoms with E-state index >= 15 is 0 Å². The van der Waals surface area contributed by atoms with Gasteiger partial charge in [0.25, 0.3) is 0 Å². The maximum absolute atomic E-state index is 13.4. The van der Waals surface area contributed by atoms with Gasteiger partial charge in [0.05, 0.1) is 4.90 Å². The van der Waals surface area contributed by atoms with Gasteiger partial charge in [0.2, 0.25) is 10.0 Å². The first-order valence-corrected chi connectivity index (χ1v) is 7.35. The Morgan fingerprint density at radius 3 is 2.78 bits per heavy atom. The molecule has 0 unspecified atom stereocenters. The van der Waals surface area contributed by atoms with Gasteiger partial charge in [0.1, 0.15) is 5.82 Å². The van der Waals surface area contributed by atoms with Gasteiger partial charge in [-0.3, -0.25) is 0 Å². The Morgan fingerprint density at radius 1 is 1.50 bits per heavy atom. The molecule has 100 valence electrons. The van der Waals surface area contributed by atoms with E-state index in [1.165, 1.54) is 16.4 Å². The summed E-state index contributed by atoms with van der Waals surface area (Å²) in [6, 6.07) is 4.02. The van der Waals surface area contributed by atoms with E-state index in [9.17, 15) is 12.8 Å². The molecule has 1 heterocycles. The number of benzene rings is 1. The maximum Gasteiger partial charge on any atom is 0.243 e. The van der Waals surface area contributed by atoms with Gasteiger partial charge >= 0.3 is 0 Å². The lowest BCUT2D eigenvalue weighted by Crippen LogP contribution is -2.30. The minimum Gasteiger partial charge on any atom is -0.330 e. The first-order valence-electron chi connectivity index (χ1n) is 5.91. The van der Waals surface area contributed by atoms with Crippen LogP contribution in [0.4, 0.5) is 4.39 Å². The number of sulfonamides is 1. The van der Waals surface area contributed by atoms with E-state index in [0.717, 1.165) is 12.5 Å². The van der Waals surface area contributed by atoms with E-state index in [1.807, 2.05) is 0 Å². The molecule has 6 heteroatoms. The van der Waals surface area contributed by atoms with E-state index in [1.54, 1.807) is 6.92 Å². The highest BCUT2D eigenvalue weighted by molar-refractivity contribution is 7.89. The molecule has 0 aromatic heterocycles. The molecule has 1 aromatic rings. The summed E-state index contributed by atoms with van der Waals surface area (Å²) in [5.41, 5.74) is 5.98. The SMILES string of the molecule is Cc1ccc(S(=O)(=O)N2CC[C@H](CN)C2)cc1F. The zero-order valence-corrected chi connectivity index (χ0v) is 11.1. The first-order chi connectivity index (χ1) is 8.45. The van der Waals surface area contributed by atoms with Crippen LogP contribution in [-0.4, -0.2) is 32.4 Å². The summed E-state index contributed by atoms with van der Waals surface area (Å²) in [4.78, 5) is 0.0169. The van der Waals surface area contributed by atoms with E-state index in [0.29, 0.717) is 25.2 Å². The van der Waals surface area contributed by atoms with Gasteiger partial charge < -0.3 is 5.73 Å². The van der Waals surface area contributed by atoms with Crippen molar-refractivity contribution in [2.24, 2.45) is 11.7 Å². The van der Waals surface area contributed by atoms with Crippen molar-refractivity contribution in [1.29, 1.82) is 0 Å². The fourth-order valence-electron chi connectivity index (χ4n) is 2.09.